The Kier molecular flexibility index (Phi) is 12.2. The van der Waals surface area contributed by atoms with Crippen LogP contribution in [0.15, 0.2) is 121 Å². The smallest absolute Gasteiger partial charge is 0.352 e. The monoisotopic (exact) mass is 776 g/mol. The second kappa shape index (κ2) is 17.0. The van der Waals surface area contributed by atoms with Crippen molar-refractivity contribution in [2.24, 2.45) is 0 Å². The van der Waals surface area contributed by atoms with E-state index >= 15 is 0 Å². The lowest BCUT2D eigenvalue weighted by atomic mass is 9.96. The Balaban J connectivity index is 0.890. The van der Waals surface area contributed by atoms with Crippen molar-refractivity contribution in [1.82, 2.24) is 10.6 Å². The largest absolute Gasteiger partial charge is 0.416 e. The molecule has 2 N–H and O–H groups in total. The van der Waals surface area contributed by atoms with Gasteiger partial charge in [0.1, 0.15) is 0 Å². The molecule has 0 saturated carbocycles. The average Bonchev–Trinajstić information content (AvgIpc) is 3.17. The van der Waals surface area contributed by atoms with Crippen molar-refractivity contribution < 1.29 is 35.9 Å². The summed E-state index contributed by atoms with van der Waals surface area (Å²) < 4.78 is 78.0. The van der Waals surface area contributed by atoms with Gasteiger partial charge in [0, 0.05) is 35.7 Å². The van der Waals surface area contributed by atoms with Gasteiger partial charge in [-0.3, -0.25) is 9.59 Å². The van der Waals surface area contributed by atoms with Crippen LogP contribution in [0.5, 0.6) is 0 Å². The second-order valence-electron chi connectivity index (χ2n) is 12.5. The molecule has 4 nitrogen and oxygen atoms in total. The number of benzene rings is 6. The summed E-state index contributed by atoms with van der Waals surface area (Å²) in [5.74, 6) is 1.26. The molecule has 6 aromatic carbocycles. The van der Waals surface area contributed by atoms with Crippen LogP contribution in [-0.2, 0) is 12.4 Å². The number of carbonyl (C=O) groups is 2. The van der Waals surface area contributed by atoms with E-state index in [1.54, 1.807) is 45.9 Å². The fraction of sp³-hybridized carbons (Fsp3) is 0.190. The van der Waals surface area contributed by atoms with Gasteiger partial charge in [-0.15, -0.1) is 0 Å². The summed E-state index contributed by atoms with van der Waals surface area (Å²) in [5.41, 5.74) is 2.49. The molecule has 0 unspecified atom stereocenters. The molecule has 6 rings (SSSR count). The van der Waals surface area contributed by atoms with Crippen molar-refractivity contribution in [3.63, 3.8) is 0 Å². The highest BCUT2D eigenvalue weighted by Crippen LogP contribution is 2.35. The molecule has 54 heavy (non-hydrogen) atoms. The topological polar surface area (TPSA) is 58.2 Å². The molecular weight excluding hydrogens is 743 g/mol. The lowest BCUT2D eigenvalue weighted by Crippen LogP contribution is -2.24. The summed E-state index contributed by atoms with van der Waals surface area (Å²) in [6.45, 7) is 1.01. The molecule has 0 bridgehead atoms. The van der Waals surface area contributed by atoms with Crippen molar-refractivity contribution >= 4 is 54.9 Å². The summed E-state index contributed by atoms with van der Waals surface area (Å²) >= 11 is 0. The normalized spacial score (nSPS) is 11.9. The van der Waals surface area contributed by atoms with Gasteiger partial charge in [0.15, 0.2) is 0 Å². The van der Waals surface area contributed by atoms with Gasteiger partial charge >= 0.3 is 12.4 Å². The Labute approximate surface area is 316 Å². The fourth-order valence-corrected chi connectivity index (χ4v) is 8.19. The minimum Gasteiger partial charge on any atom is -0.352 e. The second-order valence-corrected chi connectivity index (χ2v) is 15.2. The molecule has 0 spiro atoms. The summed E-state index contributed by atoms with van der Waals surface area (Å²) in [5, 5.41) is 9.20. The van der Waals surface area contributed by atoms with Crippen LogP contribution in [0.2, 0.25) is 0 Å². The zero-order valence-electron chi connectivity index (χ0n) is 28.7. The number of amides is 2. The molecule has 0 aliphatic heterocycles. The minimum atomic E-state index is -4.40. The van der Waals surface area contributed by atoms with Crippen molar-refractivity contribution in [1.29, 1.82) is 0 Å². The van der Waals surface area contributed by atoms with E-state index in [1.807, 2.05) is 48.5 Å². The van der Waals surface area contributed by atoms with Crippen LogP contribution in [-0.4, -0.2) is 36.4 Å². The molecule has 278 valence electrons. The first-order chi connectivity index (χ1) is 25.9. The van der Waals surface area contributed by atoms with E-state index in [4.69, 9.17) is 0 Å². The van der Waals surface area contributed by atoms with Crippen molar-refractivity contribution in [3.8, 4) is 22.3 Å². The lowest BCUT2D eigenvalue weighted by molar-refractivity contribution is -0.138. The average molecular weight is 777 g/mol. The number of alkyl halides is 6. The van der Waals surface area contributed by atoms with Gasteiger partial charge in [0.2, 0.25) is 0 Å². The van der Waals surface area contributed by atoms with Crippen LogP contribution in [0.3, 0.4) is 0 Å². The molecule has 0 aliphatic rings. The van der Waals surface area contributed by atoms with Crippen LogP contribution in [0, 0.1) is 0 Å². The van der Waals surface area contributed by atoms with Crippen molar-refractivity contribution in [2.45, 2.75) is 25.2 Å². The molecule has 0 atom stereocenters. The number of rotatable bonds is 13. The zero-order valence-corrected chi connectivity index (χ0v) is 30.3. The predicted octanol–water partition coefficient (Wildman–Crippen LogP) is 11.7. The molecule has 12 heteroatoms. The van der Waals surface area contributed by atoms with Crippen LogP contribution < -0.4 is 10.6 Å². The third kappa shape index (κ3) is 9.58. The van der Waals surface area contributed by atoms with E-state index in [-0.39, 0.29) is 11.8 Å². The quantitative estimate of drug-likeness (QED) is 0.0697. The summed E-state index contributed by atoms with van der Waals surface area (Å²) in [6, 6.07) is 31.8. The first kappa shape index (κ1) is 38.8. The van der Waals surface area contributed by atoms with Crippen LogP contribution in [0.1, 0.15) is 44.7 Å². The van der Waals surface area contributed by atoms with E-state index in [1.165, 1.54) is 24.3 Å². The van der Waals surface area contributed by atoms with Crippen LogP contribution >= 0.6 is 21.6 Å². The summed E-state index contributed by atoms with van der Waals surface area (Å²) in [4.78, 5) is 25.6. The van der Waals surface area contributed by atoms with Gasteiger partial charge in [-0.25, -0.2) is 0 Å². The third-order valence-corrected chi connectivity index (χ3v) is 11.4. The SMILES string of the molecule is O=C(NCCCSSCCCNC(=O)c1ccc2c(-c3ccc(C(F)(F)F)cc3)cccc2c1)c1ccc2c(-c3ccc(C(F)(F)F)cc3)cccc2c1. The van der Waals surface area contributed by atoms with Crippen LogP contribution in [0.4, 0.5) is 26.3 Å². The molecule has 0 heterocycles. The maximum Gasteiger partial charge on any atom is 0.416 e. The molecule has 6 aromatic rings. The van der Waals surface area contributed by atoms with E-state index in [0.717, 1.165) is 81.3 Å². The minimum absolute atomic E-state index is 0.198. The molecule has 0 aromatic heterocycles. The van der Waals surface area contributed by atoms with Gasteiger partial charge in [-0.05, 0) is 105 Å². The number of hydrogen-bond donors (Lipinski definition) is 2. The molecule has 2 amide bonds. The van der Waals surface area contributed by atoms with E-state index < -0.39 is 23.5 Å². The highest BCUT2D eigenvalue weighted by molar-refractivity contribution is 8.76. The summed E-state index contributed by atoms with van der Waals surface area (Å²) in [7, 11) is 3.39. The van der Waals surface area contributed by atoms with E-state index in [0.29, 0.717) is 35.3 Å². The lowest BCUT2D eigenvalue weighted by Gasteiger charge is -2.11. The van der Waals surface area contributed by atoms with Crippen molar-refractivity contribution in [3.05, 3.63) is 144 Å². The Morgan fingerprint density at radius 2 is 0.889 bits per heavy atom. The van der Waals surface area contributed by atoms with Gasteiger partial charge < -0.3 is 10.6 Å². The van der Waals surface area contributed by atoms with Crippen LogP contribution in [0.25, 0.3) is 43.8 Å². The van der Waals surface area contributed by atoms with Gasteiger partial charge in [0.05, 0.1) is 11.1 Å². The Morgan fingerprint density at radius 1 is 0.500 bits per heavy atom. The summed E-state index contributed by atoms with van der Waals surface area (Å²) in [6.07, 6.45) is -7.26. The van der Waals surface area contributed by atoms with E-state index in [9.17, 15) is 35.9 Å². The van der Waals surface area contributed by atoms with Crippen molar-refractivity contribution in [2.75, 3.05) is 24.6 Å². The first-order valence-corrected chi connectivity index (χ1v) is 19.6. The Morgan fingerprint density at radius 3 is 1.26 bits per heavy atom. The Hall–Kier alpha value is -4.94. The molecule has 0 saturated heterocycles. The highest BCUT2D eigenvalue weighted by Gasteiger charge is 2.31. The number of hydrogen-bond acceptors (Lipinski definition) is 4. The molecule has 0 fully saturated rings. The number of carbonyl (C=O) groups excluding carboxylic acids is 2. The predicted molar refractivity (Wildman–Crippen MR) is 208 cm³/mol. The fourth-order valence-electron chi connectivity index (χ4n) is 6.02. The van der Waals surface area contributed by atoms with Gasteiger partial charge in [-0.1, -0.05) is 94.4 Å². The first-order valence-electron chi connectivity index (χ1n) is 17.1. The highest BCUT2D eigenvalue weighted by atomic mass is 33.1. The number of fused-ring (bicyclic) bond motifs is 2. The molecule has 0 aliphatic carbocycles. The number of halogens is 6. The standard InChI is InChI=1S/C42H34F6N2O2S2/c43-41(44,45)33-15-9-27(10-16-33)35-7-1-5-29-25-31(13-19-37(29)35)39(51)49-21-3-23-53-54-24-4-22-50-40(52)32-14-20-38-30(26-32)6-2-8-36(38)28-11-17-34(18-12-28)42(46,47)48/h1-2,5-20,25-26H,3-4,21-24H2,(H,49,51)(H,50,52). The molecule has 0 radical (unpaired) electrons. The number of nitrogens with one attached hydrogen (secondary N) is 2. The maximum atomic E-state index is 13.0. The molecular formula is C42H34F6N2O2S2. The third-order valence-electron chi connectivity index (χ3n) is 8.80. The maximum absolute atomic E-state index is 13.0. The van der Waals surface area contributed by atoms with Gasteiger partial charge in [-0.2, -0.15) is 26.3 Å². The zero-order chi connectivity index (χ0) is 38.3. The van der Waals surface area contributed by atoms with E-state index in [2.05, 4.69) is 10.6 Å². The van der Waals surface area contributed by atoms with Gasteiger partial charge in [0.25, 0.3) is 11.8 Å². The Bertz CT molecular complexity index is 2100.